The molecule has 6 heteroatoms. The first kappa shape index (κ1) is 72.1. The van der Waals surface area contributed by atoms with Gasteiger partial charge in [-0.25, -0.2) is 0 Å². The standard InChI is InChI=1S/C70H118O6/c1-4-7-10-13-16-18-20-22-24-26-28-30-32-33-34-35-36-37-39-40-42-44-46-48-50-52-54-57-60-63-69(72)75-66-67(65-74-68(71)62-59-56-15-12-9-6-3)76-70(73)64-61-58-55-53-51-49-47-45-43-41-38-31-29-27-25-23-21-19-17-14-11-8-5-2/h8,11,17,19-20,22-23,25-26,28-29,31,41,43,47,49,53,55,67H,4-7,9-10,12-16,18,21,24,27,30,32-40,42,44-46,48,50-52,54,56-66H2,1-3H3/b11-8-,19-17-,22-20-,25-23-,28-26-,31-29-,43-41-,49-47-,55-53-. The summed E-state index contributed by atoms with van der Waals surface area (Å²) < 4.78 is 16.7. The number of esters is 3. The van der Waals surface area contributed by atoms with Gasteiger partial charge < -0.3 is 14.2 Å². The van der Waals surface area contributed by atoms with Gasteiger partial charge in [0.1, 0.15) is 13.2 Å². The van der Waals surface area contributed by atoms with Gasteiger partial charge in [0.05, 0.1) is 0 Å². The molecule has 0 radical (unpaired) electrons. The third-order valence-corrected chi connectivity index (χ3v) is 13.5. The van der Waals surface area contributed by atoms with Crippen molar-refractivity contribution in [3.63, 3.8) is 0 Å². The van der Waals surface area contributed by atoms with Crippen LogP contribution in [-0.4, -0.2) is 37.2 Å². The van der Waals surface area contributed by atoms with Gasteiger partial charge in [-0.1, -0.05) is 284 Å². The van der Waals surface area contributed by atoms with Crippen LogP contribution >= 0.6 is 0 Å². The van der Waals surface area contributed by atoms with Crippen LogP contribution in [0.25, 0.3) is 0 Å². The van der Waals surface area contributed by atoms with Crippen molar-refractivity contribution in [2.45, 2.75) is 303 Å². The second-order valence-corrected chi connectivity index (χ2v) is 20.9. The molecule has 0 aliphatic heterocycles. The summed E-state index contributed by atoms with van der Waals surface area (Å²) >= 11 is 0. The summed E-state index contributed by atoms with van der Waals surface area (Å²) in [5, 5.41) is 0. The highest BCUT2D eigenvalue weighted by atomic mass is 16.6. The van der Waals surface area contributed by atoms with Crippen LogP contribution in [-0.2, 0) is 28.6 Å². The third-order valence-electron chi connectivity index (χ3n) is 13.5. The molecule has 0 rings (SSSR count). The van der Waals surface area contributed by atoms with Gasteiger partial charge in [-0.15, -0.1) is 0 Å². The molecular weight excluding hydrogens is 937 g/mol. The molecule has 1 unspecified atom stereocenters. The van der Waals surface area contributed by atoms with Gasteiger partial charge in [0.25, 0.3) is 0 Å². The highest BCUT2D eigenvalue weighted by molar-refractivity contribution is 5.71. The van der Waals surface area contributed by atoms with Crippen LogP contribution in [0.4, 0.5) is 0 Å². The second kappa shape index (κ2) is 63.6. The predicted molar refractivity (Wildman–Crippen MR) is 330 cm³/mol. The quantitative estimate of drug-likeness (QED) is 0.0261. The number of hydrogen-bond donors (Lipinski definition) is 0. The minimum absolute atomic E-state index is 0.100. The van der Waals surface area contributed by atoms with Crippen molar-refractivity contribution in [1.82, 2.24) is 0 Å². The van der Waals surface area contributed by atoms with Crippen LogP contribution in [0.3, 0.4) is 0 Å². The molecule has 76 heavy (non-hydrogen) atoms. The molecule has 0 aliphatic carbocycles. The van der Waals surface area contributed by atoms with Crippen LogP contribution < -0.4 is 0 Å². The number of ether oxygens (including phenoxy) is 3. The van der Waals surface area contributed by atoms with Gasteiger partial charge in [-0.05, 0) is 103 Å². The van der Waals surface area contributed by atoms with Gasteiger partial charge in [-0.3, -0.25) is 14.4 Å². The highest BCUT2D eigenvalue weighted by Gasteiger charge is 2.19. The Bertz CT molecular complexity index is 1540. The van der Waals surface area contributed by atoms with Gasteiger partial charge in [-0.2, -0.15) is 0 Å². The minimum Gasteiger partial charge on any atom is -0.462 e. The molecule has 0 aromatic rings. The fraction of sp³-hybridized carbons (Fsp3) is 0.700. The summed E-state index contributed by atoms with van der Waals surface area (Å²) in [6.07, 6.45) is 87.2. The van der Waals surface area contributed by atoms with Crippen LogP contribution in [0.1, 0.15) is 297 Å². The first-order valence-corrected chi connectivity index (χ1v) is 31.9. The van der Waals surface area contributed by atoms with Crippen molar-refractivity contribution in [3.8, 4) is 0 Å². The summed E-state index contributed by atoms with van der Waals surface area (Å²) in [7, 11) is 0. The third kappa shape index (κ3) is 60.9. The number of carbonyl (C=O) groups is 3. The van der Waals surface area contributed by atoms with Crippen LogP contribution in [0.15, 0.2) is 109 Å². The van der Waals surface area contributed by atoms with E-state index < -0.39 is 6.10 Å². The normalized spacial score (nSPS) is 12.8. The lowest BCUT2D eigenvalue weighted by atomic mass is 10.0. The van der Waals surface area contributed by atoms with Crippen LogP contribution in [0, 0.1) is 0 Å². The molecule has 434 valence electrons. The lowest BCUT2D eigenvalue weighted by Crippen LogP contribution is -2.30. The van der Waals surface area contributed by atoms with Crippen molar-refractivity contribution in [1.29, 1.82) is 0 Å². The van der Waals surface area contributed by atoms with Gasteiger partial charge >= 0.3 is 17.9 Å². The molecule has 1 atom stereocenters. The summed E-state index contributed by atoms with van der Waals surface area (Å²) in [5.74, 6) is -0.966. The van der Waals surface area contributed by atoms with E-state index in [2.05, 4.69) is 130 Å². The number of unbranched alkanes of at least 4 members (excludes halogenated alkanes) is 28. The zero-order chi connectivity index (χ0) is 55.0. The zero-order valence-corrected chi connectivity index (χ0v) is 49.7. The Morgan fingerprint density at radius 1 is 0.276 bits per heavy atom. The Kier molecular flexibility index (Phi) is 60.3. The van der Waals surface area contributed by atoms with E-state index in [0.29, 0.717) is 19.3 Å². The summed E-state index contributed by atoms with van der Waals surface area (Å²) in [4.78, 5) is 38.0. The number of allylic oxidation sites excluding steroid dienone is 18. The maximum atomic E-state index is 12.8. The van der Waals surface area contributed by atoms with Crippen LogP contribution in [0.2, 0.25) is 0 Å². The minimum atomic E-state index is -0.807. The maximum Gasteiger partial charge on any atom is 0.306 e. The summed E-state index contributed by atoms with van der Waals surface area (Å²) in [6.45, 7) is 6.42. The number of hydrogen-bond acceptors (Lipinski definition) is 6. The van der Waals surface area contributed by atoms with E-state index in [0.717, 1.165) is 96.3 Å². The molecule has 0 saturated carbocycles. The van der Waals surface area contributed by atoms with Crippen molar-refractivity contribution >= 4 is 17.9 Å². The molecule has 0 spiro atoms. The van der Waals surface area contributed by atoms with E-state index in [9.17, 15) is 14.4 Å². The SMILES string of the molecule is CC/C=C\C/C=C\C/C=C\C/C=C\C/C=C\C/C=C\C/C=C\CCCC(=O)OC(COC(=O)CCCCCCCC)COC(=O)CCCCCCCCCCCCCCCCCCC/C=C\C/C=C\CCCCCCC. The largest absolute Gasteiger partial charge is 0.462 e. The van der Waals surface area contributed by atoms with Crippen molar-refractivity contribution in [2.24, 2.45) is 0 Å². The Morgan fingerprint density at radius 3 is 0.842 bits per heavy atom. The van der Waals surface area contributed by atoms with E-state index in [1.165, 1.54) is 154 Å². The van der Waals surface area contributed by atoms with E-state index >= 15 is 0 Å². The second-order valence-electron chi connectivity index (χ2n) is 20.9. The van der Waals surface area contributed by atoms with E-state index in [1.54, 1.807) is 0 Å². The Labute approximate surface area is 470 Å². The van der Waals surface area contributed by atoms with Crippen molar-refractivity contribution in [3.05, 3.63) is 109 Å². The smallest absolute Gasteiger partial charge is 0.306 e. The summed E-state index contributed by atoms with van der Waals surface area (Å²) in [5.41, 5.74) is 0. The molecule has 0 amide bonds. The molecule has 0 aromatic heterocycles. The first-order chi connectivity index (χ1) is 37.5. The first-order valence-electron chi connectivity index (χ1n) is 31.9. The Morgan fingerprint density at radius 2 is 0.526 bits per heavy atom. The fourth-order valence-electron chi connectivity index (χ4n) is 8.76. The molecule has 0 N–H and O–H groups in total. The molecular formula is C70H118O6. The highest BCUT2D eigenvalue weighted by Crippen LogP contribution is 2.16. The molecule has 0 aliphatic rings. The monoisotopic (exact) mass is 1050 g/mol. The van der Waals surface area contributed by atoms with E-state index in [1.807, 2.05) is 0 Å². The maximum absolute atomic E-state index is 12.8. The molecule has 0 fully saturated rings. The lowest BCUT2D eigenvalue weighted by Gasteiger charge is -2.18. The molecule has 0 saturated heterocycles. The Hall–Kier alpha value is -3.93. The van der Waals surface area contributed by atoms with Crippen LogP contribution in [0.5, 0.6) is 0 Å². The lowest BCUT2D eigenvalue weighted by molar-refractivity contribution is -0.167. The average Bonchev–Trinajstić information content (AvgIpc) is 3.42. The molecule has 0 heterocycles. The average molecular weight is 1060 g/mol. The summed E-state index contributed by atoms with van der Waals surface area (Å²) in [6, 6.07) is 0. The Balaban J connectivity index is 4.15. The van der Waals surface area contributed by atoms with E-state index in [-0.39, 0.29) is 37.5 Å². The van der Waals surface area contributed by atoms with Gasteiger partial charge in [0, 0.05) is 19.3 Å². The molecule has 0 bridgehead atoms. The van der Waals surface area contributed by atoms with Crippen molar-refractivity contribution < 1.29 is 28.6 Å². The topological polar surface area (TPSA) is 78.9 Å². The number of rotatable bonds is 57. The fourth-order valence-corrected chi connectivity index (χ4v) is 8.76. The zero-order valence-electron chi connectivity index (χ0n) is 49.7. The van der Waals surface area contributed by atoms with Gasteiger partial charge in [0.15, 0.2) is 6.10 Å². The van der Waals surface area contributed by atoms with E-state index in [4.69, 9.17) is 14.2 Å². The molecule has 0 aromatic carbocycles. The number of carbonyl (C=O) groups excluding carboxylic acids is 3. The van der Waals surface area contributed by atoms with Gasteiger partial charge in [0.2, 0.25) is 0 Å². The van der Waals surface area contributed by atoms with Crippen molar-refractivity contribution in [2.75, 3.05) is 13.2 Å². The molecule has 6 nitrogen and oxygen atoms in total. The predicted octanol–water partition coefficient (Wildman–Crippen LogP) is 21.8.